The van der Waals surface area contributed by atoms with E-state index in [1.54, 1.807) is 30.6 Å². The van der Waals surface area contributed by atoms with Crippen LogP contribution in [0.4, 0.5) is 11.6 Å². The van der Waals surface area contributed by atoms with Crippen LogP contribution in [-0.4, -0.2) is 22.5 Å². The fourth-order valence-electron chi connectivity index (χ4n) is 2.96. The zero-order chi connectivity index (χ0) is 17.8. The first-order chi connectivity index (χ1) is 12.8. The minimum absolute atomic E-state index is 0.0541. The molecule has 0 aliphatic carbocycles. The highest BCUT2D eigenvalue weighted by Gasteiger charge is 2.23. The molecule has 0 saturated carbocycles. The van der Waals surface area contributed by atoms with Crippen molar-refractivity contribution in [2.75, 3.05) is 11.9 Å². The molecule has 2 N–H and O–H groups in total. The molecular weight excluding hydrogens is 328 g/mol. The lowest BCUT2D eigenvalue weighted by atomic mass is 10.00. The van der Waals surface area contributed by atoms with E-state index in [0.717, 1.165) is 23.4 Å². The Labute approximate surface area is 151 Å². The summed E-state index contributed by atoms with van der Waals surface area (Å²) in [5.74, 6) is 1.20. The Balaban J connectivity index is 1.50. The van der Waals surface area contributed by atoms with E-state index in [4.69, 9.17) is 4.74 Å². The van der Waals surface area contributed by atoms with Gasteiger partial charge in [-0.2, -0.15) is 0 Å². The molecule has 1 atom stereocenters. The fourth-order valence-corrected chi connectivity index (χ4v) is 2.96. The molecule has 1 aliphatic rings. The largest absolute Gasteiger partial charge is 0.493 e. The number of aromatic nitrogens is 2. The van der Waals surface area contributed by atoms with Crippen LogP contribution < -0.4 is 15.4 Å². The number of rotatable bonds is 4. The third-order valence-electron chi connectivity index (χ3n) is 4.21. The maximum Gasteiger partial charge on any atom is 0.251 e. The first kappa shape index (κ1) is 16.1. The van der Waals surface area contributed by atoms with Gasteiger partial charge in [0.1, 0.15) is 5.75 Å². The minimum atomic E-state index is -0.121. The molecule has 1 unspecified atom stereocenters. The number of benzene rings is 2. The first-order valence-electron chi connectivity index (χ1n) is 8.46. The third kappa shape index (κ3) is 3.49. The van der Waals surface area contributed by atoms with E-state index in [2.05, 4.69) is 20.6 Å². The lowest BCUT2D eigenvalue weighted by Gasteiger charge is -2.26. The van der Waals surface area contributed by atoms with Crippen LogP contribution in [0, 0.1) is 0 Å². The summed E-state index contributed by atoms with van der Waals surface area (Å²) in [6, 6.07) is 16.8. The number of carbonyl (C=O) groups excluding carboxylic acids is 1. The quantitative estimate of drug-likeness (QED) is 0.756. The van der Waals surface area contributed by atoms with Crippen LogP contribution >= 0.6 is 0 Å². The molecule has 0 saturated heterocycles. The van der Waals surface area contributed by atoms with Gasteiger partial charge < -0.3 is 15.4 Å². The minimum Gasteiger partial charge on any atom is -0.493 e. The summed E-state index contributed by atoms with van der Waals surface area (Å²) in [6.45, 7) is 0.592. The van der Waals surface area contributed by atoms with Gasteiger partial charge in [0.2, 0.25) is 5.95 Å². The average molecular weight is 346 g/mol. The monoisotopic (exact) mass is 346 g/mol. The molecule has 3 aromatic rings. The molecule has 2 aromatic carbocycles. The van der Waals surface area contributed by atoms with E-state index in [-0.39, 0.29) is 11.9 Å². The molecule has 0 bridgehead atoms. The predicted molar refractivity (Wildman–Crippen MR) is 98.5 cm³/mol. The molecule has 26 heavy (non-hydrogen) atoms. The lowest BCUT2D eigenvalue weighted by Crippen LogP contribution is -2.32. The third-order valence-corrected chi connectivity index (χ3v) is 4.21. The van der Waals surface area contributed by atoms with E-state index in [9.17, 15) is 4.79 Å². The van der Waals surface area contributed by atoms with Crippen LogP contribution in [0.15, 0.2) is 67.0 Å². The second-order valence-electron chi connectivity index (χ2n) is 5.98. The number of amides is 1. The van der Waals surface area contributed by atoms with E-state index in [0.29, 0.717) is 18.1 Å². The molecule has 0 spiro atoms. The number of hydrogen-bond donors (Lipinski definition) is 2. The maximum atomic E-state index is 12.7. The summed E-state index contributed by atoms with van der Waals surface area (Å²) in [5, 5.41) is 6.20. The second-order valence-corrected chi connectivity index (χ2v) is 5.98. The second kappa shape index (κ2) is 7.23. The number of ether oxygens (including phenoxy) is 1. The Morgan fingerprint density at radius 1 is 1.04 bits per heavy atom. The molecule has 4 rings (SSSR count). The zero-order valence-electron chi connectivity index (χ0n) is 14.1. The Kier molecular flexibility index (Phi) is 4.47. The Morgan fingerprint density at radius 2 is 1.88 bits per heavy atom. The molecule has 2 heterocycles. The van der Waals surface area contributed by atoms with Gasteiger partial charge in [0, 0.05) is 35.6 Å². The van der Waals surface area contributed by atoms with Crippen molar-refractivity contribution in [2.45, 2.75) is 12.5 Å². The summed E-state index contributed by atoms with van der Waals surface area (Å²) >= 11 is 0. The van der Waals surface area contributed by atoms with E-state index in [1.807, 2.05) is 36.4 Å². The highest BCUT2D eigenvalue weighted by Crippen LogP contribution is 2.31. The molecular formula is C20H18N4O2. The summed E-state index contributed by atoms with van der Waals surface area (Å²) in [6.07, 6.45) is 4.07. The van der Waals surface area contributed by atoms with Crippen molar-refractivity contribution in [1.82, 2.24) is 15.3 Å². The first-order valence-corrected chi connectivity index (χ1v) is 8.46. The van der Waals surface area contributed by atoms with E-state index in [1.165, 1.54) is 0 Å². The highest BCUT2D eigenvalue weighted by atomic mass is 16.5. The molecule has 6 nitrogen and oxygen atoms in total. The standard InChI is InChI=1S/C20H18N4O2/c25-19(24-17-9-12-26-18-8-2-1-7-16(17)18)14-5-3-6-15(13-14)23-20-21-10-4-11-22-20/h1-8,10-11,13,17H,9,12H2,(H,24,25)(H,21,22,23). The van der Waals surface area contributed by atoms with Gasteiger partial charge in [-0.15, -0.1) is 0 Å². The SMILES string of the molecule is O=C(NC1CCOc2ccccc21)c1cccc(Nc2ncccn2)c1. The Morgan fingerprint density at radius 3 is 2.77 bits per heavy atom. The molecule has 0 radical (unpaired) electrons. The summed E-state index contributed by atoms with van der Waals surface area (Å²) in [7, 11) is 0. The van der Waals surface area contributed by atoms with Gasteiger partial charge >= 0.3 is 0 Å². The number of anilines is 2. The zero-order valence-corrected chi connectivity index (χ0v) is 14.1. The molecule has 130 valence electrons. The fraction of sp³-hybridized carbons (Fsp3) is 0.150. The van der Waals surface area contributed by atoms with E-state index >= 15 is 0 Å². The van der Waals surface area contributed by atoms with Gasteiger partial charge in [0.05, 0.1) is 12.6 Å². The normalized spacial score (nSPS) is 15.5. The Hall–Kier alpha value is -3.41. The molecule has 1 amide bonds. The molecule has 1 aromatic heterocycles. The van der Waals surface area contributed by atoms with Crippen LogP contribution in [0.3, 0.4) is 0 Å². The predicted octanol–water partition coefficient (Wildman–Crippen LogP) is 3.47. The molecule has 1 aliphatic heterocycles. The number of para-hydroxylation sites is 1. The van der Waals surface area contributed by atoms with Gasteiger partial charge in [-0.1, -0.05) is 24.3 Å². The van der Waals surface area contributed by atoms with Gasteiger partial charge in [-0.05, 0) is 30.3 Å². The number of nitrogens with zero attached hydrogens (tertiary/aromatic N) is 2. The summed E-state index contributed by atoms with van der Waals surface area (Å²) in [4.78, 5) is 21.0. The van der Waals surface area contributed by atoms with Crippen LogP contribution in [-0.2, 0) is 0 Å². The van der Waals surface area contributed by atoms with Crippen LogP contribution in [0.25, 0.3) is 0 Å². The maximum absolute atomic E-state index is 12.7. The van der Waals surface area contributed by atoms with Crippen molar-refractivity contribution in [1.29, 1.82) is 0 Å². The average Bonchev–Trinajstić information content (AvgIpc) is 2.69. The van der Waals surface area contributed by atoms with Crippen molar-refractivity contribution in [2.24, 2.45) is 0 Å². The smallest absolute Gasteiger partial charge is 0.251 e. The van der Waals surface area contributed by atoms with Gasteiger partial charge in [0.15, 0.2) is 0 Å². The van der Waals surface area contributed by atoms with Crippen LogP contribution in [0.1, 0.15) is 28.4 Å². The number of carbonyl (C=O) groups is 1. The van der Waals surface area contributed by atoms with Gasteiger partial charge in [-0.25, -0.2) is 9.97 Å². The summed E-state index contributed by atoms with van der Waals surface area (Å²) in [5.41, 5.74) is 2.35. The van der Waals surface area contributed by atoms with Crippen molar-refractivity contribution < 1.29 is 9.53 Å². The van der Waals surface area contributed by atoms with E-state index < -0.39 is 0 Å². The Bertz CT molecular complexity index is 914. The number of fused-ring (bicyclic) bond motifs is 1. The topological polar surface area (TPSA) is 76.1 Å². The van der Waals surface area contributed by atoms with Gasteiger partial charge in [0.25, 0.3) is 5.91 Å². The van der Waals surface area contributed by atoms with Crippen molar-refractivity contribution in [3.63, 3.8) is 0 Å². The van der Waals surface area contributed by atoms with Gasteiger partial charge in [-0.3, -0.25) is 4.79 Å². The van der Waals surface area contributed by atoms with Crippen molar-refractivity contribution >= 4 is 17.5 Å². The number of nitrogens with one attached hydrogen (secondary N) is 2. The van der Waals surface area contributed by atoms with Crippen molar-refractivity contribution in [3.05, 3.63) is 78.1 Å². The number of hydrogen-bond acceptors (Lipinski definition) is 5. The summed E-state index contributed by atoms with van der Waals surface area (Å²) < 4.78 is 5.65. The van der Waals surface area contributed by atoms with Crippen LogP contribution in [0.2, 0.25) is 0 Å². The molecule has 6 heteroatoms. The highest BCUT2D eigenvalue weighted by molar-refractivity contribution is 5.95. The molecule has 0 fully saturated rings. The van der Waals surface area contributed by atoms with Crippen molar-refractivity contribution in [3.8, 4) is 5.75 Å². The lowest BCUT2D eigenvalue weighted by molar-refractivity contribution is 0.0925. The van der Waals surface area contributed by atoms with Crippen LogP contribution in [0.5, 0.6) is 5.75 Å².